The molecule has 8 heteroatoms. The van der Waals surface area contributed by atoms with Crippen molar-refractivity contribution in [2.45, 2.75) is 25.2 Å². The number of halogens is 3. The molecule has 0 bridgehead atoms. The predicted octanol–water partition coefficient (Wildman–Crippen LogP) is 4.58. The van der Waals surface area contributed by atoms with Gasteiger partial charge in [0.15, 0.2) is 0 Å². The maximum atomic E-state index is 13.0. The number of nitrogens with zero attached hydrogens (tertiary/aromatic N) is 1. The van der Waals surface area contributed by atoms with Gasteiger partial charge >= 0.3 is 6.36 Å². The van der Waals surface area contributed by atoms with E-state index in [2.05, 4.69) is 4.74 Å². The highest BCUT2D eigenvalue weighted by atomic mass is 19.4. The Bertz CT molecular complexity index is 836. The third kappa shape index (κ3) is 4.32. The monoisotopic (exact) mass is 395 g/mol. The van der Waals surface area contributed by atoms with E-state index in [9.17, 15) is 18.0 Å². The first-order valence-electron chi connectivity index (χ1n) is 8.71. The third-order valence-electron chi connectivity index (χ3n) is 4.64. The second-order valence-corrected chi connectivity index (χ2v) is 6.34. The molecule has 150 valence electrons. The fourth-order valence-corrected chi connectivity index (χ4v) is 3.40. The second-order valence-electron chi connectivity index (χ2n) is 6.34. The molecule has 1 fully saturated rings. The van der Waals surface area contributed by atoms with Gasteiger partial charge in [0.05, 0.1) is 20.3 Å². The van der Waals surface area contributed by atoms with Crippen LogP contribution in [0.15, 0.2) is 42.5 Å². The normalized spacial score (nSPS) is 16.8. The molecule has 2 aromatic carbocycles. The SMILES string of the molecule is COc1ccc(OC)c([C@H]2CCCN2C(=O)c2ccc(OC(F)(F)F)cc2)c1. The largest absolute Gasteiger partial charge is 0.573 e. The summed E-state index contributed by atoms with van der Waals surface area (Å²) in [6.45, 7) is 0.546. The highest BCUT2D eigenvalue weighted by Crippen LogP contribution is 2.39. The van der Waals surface area contributed by atoms with E-state index >= 15 is 0 Å². The molecule has 0 unspecified atom stereocenters. The Kier molecular flexibility index (Phi) is 5.67. The number of hydrogen-bond donors (Lipinski definition) is 0. The van der Waals surface area contributed by atoms with Gasteiger partial charge < -0.3 is 19.1 Å². The number of carbonyl (C=O) groups is 1. The molecule has 1 saturated heterocycles. The van der Waals surface area contributed by atoms with Crippen molar-refractivity contribution in [3.05, 3.63) is 53.6 Å². The minimum Gasteiger partial charge on any atom is -0.497 e. The van der Waals surface area contributed by atoms with Crippen molar-refractivity contribution < 1.29 is 32.2 Å². The van der Waals surface area contributed by atoms with Crippen LogP contribution in [0, 0.1) is 0 Å². The number of hydrogen-bond acceptors (Lipinski definition) is 4. The zero-order valence-electron chi connectivity index (χ0n) is 15.5. The summed E-state index contributed by atoms with van der Waals surface area (Å²) in [5.74, 6) is 0.686. The summed E-state index contributed by atoms with van der Waals surface area (Å²) in [7, 11) is 3.12. The molecule has 3 rings (SSSR count). The lowest BCUT2D eigenvalue weighted by Crippen LogP contribution is -2.30. The third-order valence-corrected chi connectivity index (χ3v) is 4.64. The molecule has 0 radical (unpaired) electrons. The van der Waals surface area contributed by atoms with Gasteiger partial charge in [0, 0.05) is 17.7 Å². The predicted molar refractivity (Wildman–Crippen MR) is 95.7 cm³/mol. The first-order valence-corrected chi connectivity index (χ1v) is 8.71. The van der Waals surface area contributed by atoms with E-state index in [0.717, 1.165) is 30.5 Å². The van der Waals surface area contributed by atoms with Crippen LogP contribution in [0.2, 0.25) is 0 Å². The van der Waals surface area contributed by atoms with Crippen molar-refractivity contribution in [2.24, 2.45) is 0 Å². The van der Waals surface area contributed by atoms with E-state index in [1.165, 1.54) is 12.1 Å². The van der Waals surface area contributed by atoms with Gasteiger partial charge in [0.2, 0.25) is 0 Å². The summed E-state index contributed by atoms with van der Waals surface area (Å²) in [6, 6.07) is 10.2. The Hall–Kier alpha value is -2.90. The molecule has 1 amide bonds. The van der Waals surface area contributed by atoms with Crippen LogP contribution in [0.5, 0.6) is 17.2 Å². The average Bonchev–Trinajstić information content (AvgIpc) is 3.16. The maximum Gasteiger partial charge on any atom is 0.573 e. The van der Waals surface area contributed by atoms with Crippen molar-refractivity contribution in [1.82, 2.24) is 4.90 Å². The number of alkyl halides is 3. The van der Waals surface area contributed by atoms with Crippen molar-refractivity contribution >= 4 is 5.91 Å². The molecular formula is C20H20F3NO4. The lowest BCUT2D eigenvalue weighted by molar-refractivity contribution is -0.274. The molecule has 5 nitrogen and oxygen atoms in total. The molecule has 0 spiro atoms. The van der Waals surface area contributed by atoms with E-state index in [0.29, 0.717) is 23.6 Å². The summed E-state index contributed by atoms with van der Waals surface area (Å²) < 4.78 is 51.5. The summed E-state index contributed by atoms with van der Waals surface area (Å²) in [6.07, 6.45) is -3.20. The number of carbonyl (C=O) groups excluding carboxylic acids is 1. The zero-order valence-corrected chi connectivity index (χ0v) is 15.5. The van der Waals surface area contributed by atoms with E-state index in [1.807, 2.05) is 6.07 Å². The Labute approximate surface area is 160 Å². The van der Waals surface area contributed by atoms with Gasteiger partial charge in [-0.2, -0.15) is 0 Å². The lowest BCUT2D eigenvalue weighted by atomic mass is 10.0. The molecule has 1 heterocycles. The maximum absolute atomic E-state index is 13.0. The van der Waals surface area contributed by atoms with Crippen LogP contribution in [-0.2, 0) is 0 Å². The molecule has 0 saturated carbocycles. The summed E-state index contributed by atoms with van der Waals surface area (Å²) >= 11 is 0. The van der Waals surface area contributed by atoms with Crippen molar-refractivity contribution in [3.8, 4) is 17.2 Å². The molecule has 1 aliphatic heterocycles. The Morgan fingerprint density at radius 1 is 1.04 bits per heavy atom. The van der Waals surface area contributed by atoms with Gasteiger partial charge in [-0.1, -0.05) is 0 Å². The summed E-state index contributed by atoms with van der Waals surface area (Å²) in [5.41, 5.74) is 1.13. The molecule has 1 atom stereocenters. The first kappa shape index (κ1) is 19.9. The number of likely N-dealkylation sites (tertiary alicyclic amines) is 1. The second kappa shape index (κ2) is 8.00. The highest BCUT2D eigenvalue weighted by molar-refractivity contribution is 5.94. The lowest BCUT2D eigenvalue weighted by Gasteiger charge is -2.27. The fraction of sp³-hybridized carbons (Fsp3) is 0.350. The van der Waals surface area contributed by atoms with Crippen LogP contribution in [0.1, 0.15) is 34.8 Å². The summed E-state index contributed by atoms with van der Waals surface area (Å²) in [4.78, 5) is 14.7. The van der Waals surface area contributed by atoms with Gasteiger partial charge in [-0.05, 0) is 55.3 Å². The van der Waals surface area contributed by atoms with E-state index in [4.69, 9.17) is 9.47 Å². The molecule has 0 aromatic heterocycles. The van der Waals surface area contributed by atoms with Gasteiger partial charge in [-0.15, -0.1) is 13.2 Å². The minimum absolute atomic E-state index is 0.205. The van der Waals surface area contributed by atoms with Gasteiger partial charge in [-0.25, -0.2) is 0 Å². The van der Waals surface area contributed by atoms with Crippen molar-refractivity contribution in [3.63, 3.8) is 0 Å². The molecular weight excluding hydrogens is 375 g/mol. The number of amides is 1. The van der Waals surface area contributed by atoms with Crippen LogP contribution in [0.25, 0.3) is 0 Å². The Morgan fingerprint density at radius 3 is 2.32 bits per heavy atom. The fourth-order valence-electron chi connectivity index (χ4n) is 3.40. The van der Waals surface area contributed by atoms with Crippen LogP contribution < -0.4 is 14.2 Å². The number of rotatable bonds is 5. The molecule has 28 heavy (non-hydrogen) atoms. The van der Waals surface area contributed by atoms with Gasteiger partial charge in [-0.3, -0.25) is 4.79 Å². The molecule has 1 aliphatic rings. The number of methoxy groups -OCH3 is 2. The van der Waals surface area contributed by atoms with Crippen molar-refractivity contribution in [2.75, 3.05) is 20.8 Å². The van der Waals surface area contributed by atoms with Crippen LogP contribution in [0.3, 0.4) is 0 Å². The first-order chi connectivity index (χ1) is 13.3. The van der Waals surface area contributed by atoms with E-state index in [-0.39, 0.29) is 17.7 Å². The number of ether oxygens (including phenoxy) is 3. The highest BCUT2D eigenvalue weighted by Gasteiger charge is 2.33. The molecule has 2 aromatic rings. The average molecular weight is 395 g/mol. The Morgan fingerprint density at radius 2 is 1.71 bits per heavy atom. The van der Waals surface area contributed by atoms with E-state index in [1.54, 1.807) is 31.3 Å². The standard InChI is InChI=1S/C20H20F3NO4/c1-26-15-9-10-18(27-2)16(12-15)17-4-3-11-24(17)19(25)13-5-7-14(8-6-13)28-20(21,22)23/h5-10,12,17H,3-4,11H2,1-2H3/t17-/m1/s1. The Balaban J connectivity index is 1.84. The minimum atomic E-state index is -4.77. The van der Waals surface area contributed by atoms with Crippen molar-refractivity contribution in [1.29, 1.82) is 0 Å². The van der Waals surface area contributed by atoms with E-state index < -0.39 is 6.36 Å². The topological polar surface area (TPSA) is 48.0 Å². The summed E-state index contributed by atoms with van der Waals surface area (Å²) in [5, 5.41) is 0. The molecule has 0 aliphatic carbocycles. The zero-order chi connectivity index (χ0) is 20.3. The molecule has 0 N–H and O–H groups in total. The van der Waals surface area contributed by atoms with Crippen LogP contribution in [-0.4, -0.2) is 37.9 Å². The quantitative estimate of drug-likeness (QED) is 0.744. The number of benzene rings is 2. The van der Waals surface area contributed by atoms with Gasteiger partial charge in [0.1, 0.15) is 17.2 Å². The van der Waals surface area contributed by atoms with Crippen LogP contribution >= 0.6 is 0 Å². The van der Waals surface area contributed by atoms with Crippen LogP contribution in [0.4, 0.5) is 13.2 Å². The van der Waals surface area contributed by atoms with Gasteiger partial charge in [0.25, 0.3) is 5.91 Å². The smallest absolute Gasteiger partial charge is 0.497 e.